The minimum atomic E-state index is -0.338. The van der Waals surface area contributed by atoms with Crippen LogP contribution in [-0.2, 0) is 4.79 Å². The summed E-state index contributed by atoms with van der Waals surface area (Å²) < 4.78 is 0. The van der Waals surface area contributed by atoms with Gasteiger partial charge in [0, 0.05) is 17.4 Å². The molecule has 2 N–H and O–H groups in total. The number of carbonyl (C=O) groups is 1. The first-order valence-electron chi connectivity index (χ1n) is 5.79. The molecule has 3 heteroatoms. The first kappa shape index (κ1) is 12.5. The summed E-state index contributed by atoms with van der Waals surface area (Å²) >= 11 is 0. The first-order chi connectivity index (χ1) is 6.90. The van der Waals surface area contributed by atoms with Crippen molar-refractivity contribution in [3.8, 4) is 0 Å². The predicted octanol–water partition coefficient (Wildman–Crippen LogP) is 1.70. The Morgan fingerprint density at radius 2 is 1.87 bits per heavy atom. The Labute approximate surface area is 92.3 Å². The highest BCUT2D eigenvalue weighted by molar-refractivity contribution is 5.81. The zero-order valence-corrected chi connectivity index (χ0v) is 10.1. The summed E-state index contributed by atoms with van der Waals surface area (Å²) in [6.07, 6.45) is 4.42. The molecule has 0 heterocycles. The Kier molecular flexibility index (Phi) is 3.77. The minimum absolute atomic E-state index is 0.0408. The molecule has 88 valence electrons. The van der Waals surface area contributed by atoms with Gasteiger partial charge >= 0.3 is 0 Å². The highest BCUT2D eigenvalue weighted by Gasteiger charge is 2.34. The van der Waals surface area contributed by atoms with Crippen LogP contribution in [0.3, 0.4) is 0 Å². The maximum atomic E-state index is 11.7. The number of nitrogens with one attached hydrogen (secondary N) is 1. The van der Waals surface area contributed by atoms with E-state index in [9.17, 15) is 9.90 Å². The molecule has 0 radical (unpaired) electrons. The lowest BCUT2D eigenvalue weighted by atomic mass is 9.86. The number of hydrogen-bond donors (Lipinski definition) is 2. The zero-order valence-electron chi connectivity index (χ0n) is 10.1. The van der Waals surface area contributed by atoms with Gasteiger partial charge in [-0.2, -0.15) is 0 Å². The molecule has 15 heavy (non-hydrogen) atoms. The maximum Gasteiger partial charge on any atom is 0.225 e. The number of rotatable bonds is 3. The van der Waals surface area contributed by atoms with Crippen molar-refractivity contribution in [3.63, 3.8) is 0 Å². The number of carbonyl (C=O) groups excluding carboxylic acids is 1. The van der Waals surface area contributed by atoms with Crippen LogP contribution in [0.2, 0.25) is 0 Å². The number of aliphatic hydroxyl groups is 1. The highest BCUT2D eigenvalue weighted by Crippen LogP contribution is 2.37. The van der Waals surface area contributed by atoms with E-state index in [1.54, 1.807) is 0 Å². The van der Waals surface area contributed by atoms with Gasteiger partial charge in [-0.25, -0.2) is 0 Å². The molecule has 0 aliphatic heterocycles. The monoisotopic (exact) mass is 213 g/mol. The van der Waals surface area contributed by atoms with Crippen LogP contribution < -0.4 is 5.32 Å². The van der Waals surface area contributed by atoms with Crippen molar-refractivity contribution >= 4 is 5.91 Å². The molecule has 0 aromatic rings. The molecular formula is C12H23NO2. The van der Waals surface area contributed by atoms with Gasteiger partial charge in [0.15, 0.2) is 0 Å². The van der Waals surface area contributed by atoms with E-state index in [1.807, 2.05) is 20.8 Å². The van der Waals surface area contributed by atoms with Crippen LogP contribution in [0.4, 0.5) is 0 Å². The van der Waals surface area contributed by atoms with Crippen molar-refractivity contribution in [1.29, 1.82) is 0 Å². The van der Waals surface area contributed by atoms with Crippen LogP contribution in [0.1, 0.15) is 46.5 Å². The molecule has 3 nitrogen and oxygen atoms in total. The van der Waals surface area contributed by atoms with Crippen molar-refractivity contribution in [2.24, 2.45) is 10.8 Å². The molecule has 1 aliphatic rings. The molecule has 1 rings (SSSR count). The lowest BCUT2D eigenvalue weighted by Gasteiger charge is -2.28. The summed E-state index contributed by atoms with van der Waals surface area (Å²) in [5.41, 5.74) is -0.379. The van der Waals surface area contributed by atoms with Gasteiger partial charge in [0.25, 0.3) is 0 Å². The zero-order chi connectivity index (χ0) is 11.5. The average molecular weight is 213 g/mol. The molecule has 0 bridgehead atoms. The summed E-state index contributed by atoms with van der Waals surface area (Å²) in [6, 6.07) is 0. The smallest absolute Gasteiger partial charge is 0.225 e. The lowest BCUT2D eigenvalue weighted by Crippen LogP contribution is -2.42. The second kappa shape index (κ2) is 4.52. The Morgan fingerprint density at radius 1 is 1.33 bits per heavy atom. The average Bonchev–Trinajstić information content (AvgIpc) is 2.62. The molecule has 0 unspecified atom stereocenters. The van der Waals surface area contributed by atoms with Crippen molar-refractivity contribution in [3.05, 3.63) is 0 Å². The topological polar surface area (TPSA) is 49.3 Å². The van der Waals surface area contributed by atoms with E-state index in [4.69, 9.17) is 0 Å². The molecule has 0 aromatic heterocycles. The Hall–Kier alpha value is -0.570. The SMILES string of the molecule is CC(C)(C)C(=O)NCC1(CO)CCCC1. The Balaban J connectivity index is 2.45. The number of amides is 1. The van der Waals surface area contributed by atoms with Crippen LogP contribution in [0, 0.1) is 10.8 Å². The third-order valence-electron chi connectivity index (χ3n) is 3.30. The van der Waals surface area contributed by atoms with Crippen molar-refractivity contribution < 1.29 is 9.90 Å². The molecule has 0 saturated heterocycles. The predicted molar refractivity (Wildman–Crippen MR) is 60.5 cm³/mol. The summed E-state index contributed by atoms with van der Waals surface area (Å²) in [5.74, 6) is 0.0715. The molecule has 1 amide bonds. The van der Waals surface area contributed by atoms with Gasteiger partial charge in [-0.1, -0.05) is 33.6 Å². The van der Waals surface area contributed by atoms with Gasteiger partial charge in [0.05, 0.1) is 6.61 Å². The second-order valence-corrected chi connectivity index (χ2v) is 5.80. The van der Waals surface area contributed by atoms with Crippen LogP contribution in [0.25, 0.3) is 0 Å². The summed E-state index contributed by atoms with van der Waals surface area (Å²) in [5, 5.41) is 12.3. The van der Waals surface area contributed by atoms with E-state index < -0.39 is 0 Å². The lowest BCUT2D eigenvalue weighted by molar-refractivity contribution is -0.129. The van der Waals surface area contributed by atoms with E-state index in [-0.39, 0.29) is 23.3 Å². The number of hydrogen-bond acceptors (Lipinski definition) is 2. The third kappa shape index (κ3) is 3.20. The molecule has 0 aromatic carbocycles. The van der Waals surface area contributed by atoms with E-state index >= 15 is 0 Å². The normalized spacial score (nSPS) is 20.3. The summed E-state index contributed by atoms with van der Waals surface area (Å²) in [6.45, 7) is 6.53. The van der Waals surface area contributed by atoms with E-state index in [1.165, 1.54) is 12.8 Å². The molecular weight excluding hydrogens is 190 g/mol. The quantitative estimate of drug-likeness (QED) is 0.749. The second-order valence-electron chi connectivity index (χ2n) is 5.80. The molecule has 1 fully saturated rings. The fraction of sp³-hybridized carbons (Fsp3) is 0.917. The van der Waals surface area contributed by atoms with Crippen molar-refractivity contribution in [2.75, 3.05) is 13.2 Å². The maximum absolute atomic E-state index is 11.7. The van der Waals surface area contributed by atoms with Gasteiger partial charge in [0.2, 0.25) is 5.91 Å². The fourth-order valence-corrected chi connectivity index (χ4v) is 2.05. The highest BCUT2D eigenvalue weighted by atomic mass is 16.3. The molecule has 0 spiro atoms. The van der Waals surface area contributed by atoms with Gasteiger partial charge in [-0.3, -0.25) is 4.79 Å². The van der Waals surface area contributed by atoms with Crippen LogP contribution in [-0.4, -0.2) is 24.2 Å². The first-order valence-corrected chi connectivity index (χ1v) is 5.79. The van der Waals surface area contributed by atoms with Crippen LogP contribution in [0.5, 0.6) is 0 Å². The molecule has 1 aliphatic carbocycles. The van der Waals surface area contributed by atoms with Gasteiger partial charge in [-0.15, -0.1) is 0 Å². The third-order valence-corrected chi connectivity index (χ3v) is 3.30. The van der Waals surface area contributed by atoms with E-state index in [0.717, 1.165) is 12.8 Å². The Morgan fingerprint density at radius 3 is 2.27 bits per heavy atom. The van der Waals surface area contributed by atoms with E-state index in [0.29, 0.717) is 6.54 Å². The summed E-state index contributed by atoms with van der Waals surface area (Å²) in [4.78, 5) is 11.7. The van der Waals surface area contributed by atoms with Crippen molar-refractivity contribution in [1.82, 2.24) is 5.32 Å². The van der Waals surface area contributed by atoms with Crippen LogP contribution in [0.15, 0.2) is 0 Å². The largest absolute Gasteiger partial charge is 0.396 e. The van der Waals surface area contributed by atoms with Gasteiger partial charge < -0.3 is 10.4 Å². The minimum Gasteiger partial charge on any atom is -0.396 e. The summed E-state index contributed by atoms with van der Waals surface area (Å²) in [7, 11) is 0. The fourth-order valence-electron chi connectivity index (χ4n) is 2.05. The standard InChI is InChI=1S/C12H23NO2/c1-11(2,3)10(15)13-8-12(9-14)6-4-5-7-12/h14H,4-9H2,1-3H3,(H,13,15). The van der Waals surface area contributed by atoms with E-state index in [2.05, 4.69) is 5.32 Å². The number of aliphatic hydroxyl groups excluding tert-OH is 1. The molecule has 1 saturated carbocycles. The molecule has 0 atom stereocenters. The Bertz CT molecular complexity index is 224. The van der Waals surface area contributed by atoms with Gasteiger partial charge in [0.1, 0.15) is 0 Å². The van der Waals surface area contributed by atoms with Gasteiger partial charge in [-0.05, 0) is 12.8 Å². The van der Waals surface area contributed by atoms with Crippen molar-refractivity contribution in [2.45, 2.75) is 46.5 Å². The van der Waals surface area contributed by atoms with Crippen LogP contribution >= 0.6 is 0 Å².